The average molecular weight is 473 g/mol. The van der Waals surface area contributed by atoms with Gasteiger partial charge in [0.25, 0.3) is 0 Å². The Balaban J connectivity index is 1.58. The van der Waals surface area contributed by atoms with Gasteiger partial charge >= 0.3 is 0 Å². The number of carbonyl (C=O) groups excluding carboxylic acids is 1. The van der Waals surface area contributed by atoms with Gasteiger partial charge in [0.1, 0.15) is 5.78 Å². The molecule has 0 aliphatic heterocycles. The summed E-state index contributed by atoms with van der Waals surface area (Å²) < 4.78 is 0. The van der Waals surface area contributed by atoms with Crippen molar-refractivity contribution in [2.45, 2.75) is 105 Å². The molecule has 4 nitrogen and oxygen atoms in total. The lowest BCUT2D eigenvalue weighted by molar-refractivity contribution is -0.215. The third-order valence-corrected chi connectivity index (χ3v) is 13.2. The summed E-state index contributed by atoms with van der Waals surface area (Å²) in [6.07, 6.45) is 10.5. The predicted octanol–water partition coefficient (Wildman–Crippen LogP) is 5.29. The molecular formula is C30H48O4. The molecule has 0 radical (unpaired) electrons. The smallest absolute Gasteiger partial charge is 0.139 e. The molecule has 5 aliphatic carbocycles. The van der Waals surface area contributed by atoms with Crippen molar-refractivity contribution in [3.63, 3.8) is 0 Å². The van der Waals surface area contributed by atoms with Crippen LogP contribution in [0.5, 0.6) is 0 Å². The Morgan fingerprint density at radius 3 is 2.26 bits per heavy atom. The molecule has 4 saturated carbocycles. The molecule has 34 heavy (non-hydrogen) atoms. The van der Waals surface area contributed by atoms with E-state index < -0.39 is 11.5 Å². The first-order chi connectivity index (χ1) is 15.7. The molecule has 10 atom stereocenters. The number of Topliss-reactive ketones (excluding diaryl/α,β-unsaturated/α-hetero) is 1. The molecule has 0 saturated heterocycles. The third-order valence-electron chi connectivity index (χ3n) is 13.2. The van der Waals surface area contributed by atoms with Crippen LogP contribution in [0.1, 0.15) is 99.3 Å². The molecule has 0 bridgehead atoms. The fraction of sp³-hybridized carbons (Fsp3) is 0.900. The van der Waals surface area contributed by atoms with Crippen molar-refractivity contribution in [1.29, 1.82) is 0 Å². The van der Waals surface area contributed by atoms with Crippen molar-refractivity contribution in [2.24, 2.45) is 50.2 Å². The van der Waals surface area contributed by atoms with E-state index in [9.17, 15) is 20.1 Å². The second-order valence-corrected chi connectivity index (χ2v) is 14.8. The summed E-state index contributed by atoms with van der Waals surface area (Å²) in [6.45, 7) is 14.0. The summed E-state index contributed by atoms with van der Waals surface area (Å²) in [4.78, 5) is 13.5. The van der Waals surface area contributed by atoms with Gasteiger partial charge in [-0.25, -0.2) is 0 Å². The minimum absolute atomic E-state index is 0.0493. The van der Waals surface area contributed by atoms with E-state index in [0.29, 0.717) is 24.0 Å². The molecule has 0 amide bonds. The van der Waals surface area contributed by atoms with E-state index in [1.807, 2.05) is 0 Å². The fourth-order valence-corrected chi connectivity index (χ4v) is 10.5. The predicted molar refractivity (Wildman–Crippen MR) is 134 cm³/mol. The Morgan fingerprint density at radius 1 is 0.912 bits per heavy atom. The van der Waals surface area contributed by atoms with Gasteiger partial charge in [0.2, 0.25) is 0 Å². The summed E-state index contributed by atoms with van der Waals surface area (Å²) in [5, 5.41) is 31.5. The van der Waals surface area contributed by atoms with Crippen LogP contribution in [0.15, 0.2) is 11.6 Å². The molecule has 4 heteroatoms. The Kier molecular flexibility index (Phi) is 5.44. The first kappa shape index (κ1) is 25.0. The molecule has 0 aromatic heterocycles. The number of aliphatic hydroxyl groups excluding tert-OH is 3. The molecule has 0 heterocycles. The highest BCUT2D eigenvalue weighted by molar-refractivity contribution is 5.87. The zero-order valence-electron chi connectivity index (χ0n) is 22.4. The van der Waals surface area contributed by atoms with Crippen molar-refractivity contribution >= 4 is 5.78 Å². The van der Waals surface area contributed by atoms with Crippen LogP contribution in [0.4, 0.5) is 0 Å². The highest BCUT2D eigenvalue weighted by Gasteiger charge is 2.69. The summed E-state index contributed by atoms with van der Waals surface area (Å²) in [6, 6.07) is 0. The summed E-state index contributed by atoms with van der Waals surface area (Å²) in [5.41, 5.74) is 0.752. The fourth-order valence-electron chi connectivity index (χ4n) is 10.5. The van der Waals surface area contributed by atoms with Crippen LogP contribution in [-0.4, -0.2) is 40.4 Å². The average Bonchev–Trinajstić information content (AvgIpc) is 2.79. The molecule has 4 fully saturated rings. The minimum atomic E-state index is -0.427. The first-order valence-electron chi connectivity index (χ1n) is 13.9. The van der Waals surface area contributed by atoms with Crippen LogP contribution in [-0.2, 0) is 4.79 Å². The van der Waals surface area contributed by atoms with Crippen LogP contribution in [0.25, 0.3) is 0 Å². The highest BCUT2D eigenvalue weighted by atomic mass is 16.3. The number of carbonyl (C=O) groups is 1. The Hall–Kier alpha value is -0.710. The van der Waals surface area contributed by atoms with Crippen LogP contribution < -0.4 is 0 Å². The van der Waals surface area contributed by atoms with Gasteiger partial charge in [-0.3, -0.25) is 4.79 Å². The molecular weight excluding hydrogens is 424 g/mol. The molecule has 192 valence electrons. The Labute approximate surface area is 206 Å². The monoisotopic (exact) mass is 472 g/mol. The van der Waals surface area contributed by atoms with E-state index in [-0.39, 0.29) is 46.2 Å². The number of fused-ring (bicyclic) bond motifs is 7. The Bertz CT molecular complexity index is 911. The second kappa shape index (κ2) is 7.42. The van der Waals surface area contributed by atoms with Gasteiger partial charge in [-0.2, -0.15) is 0 Å². The molecule has 0 aromatic carbocycles. The molecule has 10 unspecified atom stereocenters. The topological polar surface area (TPSA) is 77.8 Å². The van der Waals surface area contributed by atoms with E-state index in [0.717, 1.165) is 51.4 Å². The van der Waals surface area contributed by atoms with Crippen LogP contribution >= 0.6 is 0 Å². The lowest BCUT2D eigenvalue weighted by Crippen LogP contribution is -2.66. The number of ketones is 1. The maximum absolute atomic E-state index is 13.5. The van der Waals surface area contributed by atoms with Gasteiger partial charge in [0.15, 0.2) is 0 Å². The number of allylic oxidation sites excluding steroid dienone is 2. The van der Waals surface area contributed by atoms with Gasteiger partial charge in [0, 0.05) is 23.9 Å². The number of hydrogen-bond donors (Lipinski definition) is 3. The SMILES string of the molecule is CC1(CO)CC(=O)C2(C)CCC3(C)C(=CCC4C5(C)CCC(O)C(C)(CO)C5CCC43C)C2C1. The van der Waals surface area contributed by atoms with Gasteiger partial charge in [-0.15, -0.1) is 0 Å². The van der Waals surface area contributed by atoms with E-state index in [1.165, 1.54) is 5.57 Å². The van der Waals surface area contributed by atoms with E-state index in [4.69, 9.17) is 0 Å². The van der Waals surface area contributed by atoms with Crippen molar-refractivity contribution < 1.29 is 20.1 Å². The number of hydrogen-bond acceptors (Lipinski definition) is 4. The van der Waals surface area contributed by atoms with Crippen molar-refractivity contribution in [3.05, 3.63) is 11.6 Å². The van der Waals surface area contributed by atoms with Crippen molar-refractivity contribution in [2.75, 3.05) is 13.2 Å². The van der Waals surface area contributed by atoms with Gasteiger partial charge in [-0.05, 0) is 90.8 Å². The molecule has 5 rings (SSSR count). The summed E-state index contributed by atoms with van der Waals surface area (Å²) >= 11 is 0. The quantitative estimate of drug-likeness (QED) is 0.477. The minimum Gasteiger partial charge on any atom is -0.396 e. The van der Waals surface area contributed by atoms with Crippen molar-refractivity contribution in [3.8, 4) is 0 Å². The maximum atomic E-state index is 13.5. The molecule has 5 aliphatic rings. The summed E-state index contributed by atoms with van der Waals surface area (Å²) in [7, 11) is 0. The first-order valence-corrected chi connectivity index (χ1v) is 13.9. The van der Waals surface area contributed by atoms with E-state index in [1.54, 1.807) is 0 Å². The number of aliphatic hydroxyl groups is 3. The standard InChI is InChI=1S/C30H48O4/c1-25(17-31)15-20-19-7-8-22-27(3)11-10-23(33)28(4,18-32)21(27)9-12-30(22,6)29(19,5)14-13-26(20,2)24(34)16-25/h7,20-23,31-33H,8-18H2,1-6H3. The van der Waals surface area contributed by atoms with Crippen LogP contribution in [0.3, 0.4) is 0 Å². The van der Waals surface area contributed by atoms with Crippen LogP contribution in [0, 0.1) is 50.2 Å². The largest absolute Gasteiger partial charge is 0.396 e. The Morgan fingerprint density at radius 2 is 1.62 bits per heavy atom. The van der Waals surface area contributed by atoms with Gasteiger partial charge < -0.3 is 15.3 Å². The lowest BCUT2D eigenvalue weighted by Gasteiger charge is -2.71. The van der Waals surface area contributed by atoms with Crippen molar-refractivity contribution in [1.82, 2.24) is 0 Å². The lowest BCUT2D eigenvalue weighted by atomic mass is 9.33. The van der Waals surface area contributed by atoms with Gasteiger partial charge in [-0.1, -0.05) is 53.2 Å². The molecule has 0 aromatic rings. The zero-order valence-corrected chi connectivity index (χ0v) is 22.4. The molecule has 3 N–H and O–H groups in total. The van der Waals surface area contributed by atoms with E-state index >= 15 is 0 Å². The number of rotatable bonds is 2. The van der Waals surface area contributed by atoms with Crippen LogP contribution in [0.2, 0.25) is 0 Å². The highest BCUT2D eigenvalue weighted by Crippen LogP contribution is 2.75. The summed E-state index contributed by atoms with van der Waals surface area (Å²) in [5.74, 6) is 1.42. The third kappa shape index (κ3) is 2.85. The molecule has 0 spiro atoms. The van der Waals surface area contributed by atoms with Gasteiger partial charge in [0.05, 0.1) is 12.7 Å². The zero-order chi connectivity index (χ0) is 24.9. The normalized spacial score (nSPS) is 57.1. The van der Waals surface area contributed by atoms with E-state index in [2.05, 4.69) is 47.6 Å². The maximum Gasteiger partial charge on any atom is 0.139 e. The second-order valence-electron chi connectivity index (χ2n) is 14.8.